The van der Waals surface area contributed by atoms with E-state index in [1.807, 2.05) is 0 Å². The average molecular weight is 210 g/mol. The number of amides is 1. The quantitative estimate of drug-likeness (QED) is 0.709. The molecule has 1 N–H and O–H groups in total. The molecule has 2 fully saturated rings. The zero-order valence-corrected chi connectivity index (χ0v) is 9.83. The van der Waals surface area contributed by atoms with Crippen LogP contribution < -0.4 is 5.32 Å². The second-order valence-electron chi connectivity index (χ2n) is 5.18. The second kappa shape index (κ2) is 4.52. The summed E-state index contributed by atoms with van der Waals surface area (Å²) in [7, 11) is 0. The Kier molecular flexibility index (Phi) is 3.29. The smallest absolute Gasteiger partial charge is 0.239 e. The topological polar surface area (TPSA) is 32.3 Å². The third-order valence-electron chi connectivity index (χ3n) is 3.68. The highest BCUT2D eigenvalue weighted by atomic mass is 16.2. The molecule has 2 unspecified atom stereocenters. The summed E-state index contributed by atoms with van der Waals surface area (Å²) in [5.41, 5.74) is 0. The number of nitrogens with one attached hydrogen (secondary N) is 1. The zero-order valence-electron chi connectivity index (χ0n) is 9.83. The Morgan fingerprint density at radius 3 is 2.67 bits per heavy atom. The van der Waals surface area contributed by atoms with Gasteiger partial charge in [-0.15, -0.1) is 0 Å². The molecule has 2 rings (SSSR count). The van der Waals surface area contributed by atoms with E-state index in [4.69, 9.17) is 0 Å². The van der Waals surface area contributed by atoms with Gasteiger partial charge in [-0.25, -0.2) is 0 Å². The first-order valence-electron chi connectivity index (χ1n) is 6.22. The third-order valence-corrected chi connectivity index (χ3v) is 3.68. The zero-order chi connectivity index (χ0) is 10.8. The number of hydrogen-bond acceptors (Lipinski definition) is 2. The maximum absolute atomic E-state index is 12.2. The molecule has 0 aliphatic carbocycles. The van der Waals surface area contributed by atoms with Gasteiger partial charge in [-0.2, -0.15) is 0 Å². The first kappa shape index (κ1) is 10.9. The lowest BCUT2D eigenvalue weighted by Gasteiger charge is -2.29. The van der Waals surface area contributed by atoms with Gasteiger partial charge in [0.1, 0.15) is 0 Å². The van der Waals surface area contributed by atoms with Gasteiger partial charge in [0.25, 0.3) is 0 Å². The number of carbonyl (C=O) groups excluding carboxylic acids is 1. The maximum Gasteiger partial charge on any atom is 0.239 e. The van der Waals surface area contributed by atoms with E-state index in [2.05, 4.69) is 24.1 Å². The molecule has 2 aliphatic rings. The summed E-state index contributed by atoms with van der Waals surface area (Å²) in [6, 6.07) is 0.544. The molecular formula is C12H22N2O. The van der Waals surface area contributed by atoms with Crippen LogP contribution in [0.3, 0.4) is 0 Å². The molecule has 3 heteroatoms. The van der Waals surface area contributed by atoms with Gasteiger partial charge in [0, 0.05) is 12.6 Å². The molecule has 1 amide bonds. The number of piperidine rings is 1. The molecule has 2 aliphatic heterocycles. The molecule has 0 saturated carbocycles. The van der Waals surface area contributed by atoms with Crippen molar-refractivity contribution in [3.8, 4) is 0 Å². The van der Waals surface area contributed by atoms with Crippen LogP contribution in [0.2, 0.25) is 0 Å². The minimum absolute atomic E-state index is 0.103. The molecule has 15 heavy (non-hydrogen) atoms. The monoisotopic (exact) mass is 210 g/mol. The number of rotatable bonds is 1. The van der Waals surface area contributed by atoms with Crippen LogP contribution in [0, 0.1) is 5.92 Å². The molecule has 0 spiro atoms. The fourth-order valence-electron chi connectivity index (χ4n) is 2.87. The summed E-state index contributed by atoms with van der Waals surface area (Å²) in [5.74, 6) is 1.01. The maximum atomic E-state index is 12.2. The summed E-state index contributed by atoms with van der Waals surface area (Å²) < 4.78 is 0. The molecule has 3 atom stereocenters. The SMILES string of the molecule is CC1CC(C)N(C(=O)[C@@H]2CCCCN2)C1. The van der Waals surface area contributed by atoms with Crippen molar-refractivity contribution < 1.29 is 4.79 Å². The molecular weight excluding hydrogens is 188 g/mol. The number of hydrogen-bond donors (Lipinski definition) is 1. The lowest BCUT2D eigenvalue weighted by atomic mass is 10.0. The van der Waals surface area contributed by atoms with Crippen molar-refractivity contribution in [3.05, 3.63) is 0 Å². The summed E-state index contributed by atoms with van der Waals surface area (Å²) >= 11 is 0. The van der Waals surface area contributed by atoms with E-state index in [-0.39, 0.29) is 6.04 Å². The third kappa shape index (κ3) is 2.33. The molecule has 3 nitrogen and oxygen atoms in total. The molecule has 86 valence electrons. The lowest BCUT2D eigenvalue weighted by Crippen LogP contribution is -2.49. The molecule has 0 aromatic heterocycles. The largest absolute Gasteiger partial charge is 0.338 e. The Morgan fingerprint density at radius 2 is 2.13 bits per heavy atom. The van der Waals surface area contributed by atoms with Crippen molar-refractivity contribution in [2.24, 2.45) is 5.92 Å². The molecule has 2 heterocycles. The number of nitrogens with zero attached hydrogens (tertiary/aromatic N) is 1. The predicted octanol–water partition coefficient (Wildman–Crippen LogP) is 1.39. The fourth-order valence-corrected chi connectivity index (χ4v) is 2.87. The molecule has 0 aromatic carbocycles. The van der Waals surface area contributed by atoms with Crippen molar-refractivity contribution in [2.45, 2.75) is 51.6 Å². The molecule has 0 aromatic rings. The van der Waals surface area contributed by atoms with Crippen LogP contribution in [0.15, 0.2) is 0 Å². The van der Waals surface area contributed by atoms with Crippen LogP contribution in [-0.4, -0.2) is 36.0 Å². The Hall–Kier alpha value is -0.570. The van der Waals surface area contributed by atoms with E-state index >= 15 is 0 Å². The van der Waals surface area contributed by atoms with Crippen LogP contribution >= 0.6 is 0 Å². The van der Waals surface area contributed by atoms with Gasteiger partial charge in [-0.05, 0) is 38.6 Å². The van der Waals surface area contributed by atoms with Crippen LogP contribution in [0.5, 0.6) is 0 Å². The van der Waals surface area contributed by atoms with Gasteiger partial charge < -0.3 is 10.2 Å². The van der Waals surface area contributed by atoms with Crippen molar-refractivity contribution in [1.82, 2.24) is 10.2 Å². The minimum Gasteiger partial charge on any atom is -0.338 e. The van der Waals surface area contributed by atoms with Crippen LogP contribution in [0.1, 0.15) is 39.5 Å². The van der Waals surface area contributed by atoms with Gasteiger partial charge in [0.2, 0.25) is 5.91 Å². The molecule has 0 radical (unpaired) electrons. The summed E-state index contributed by atoms with van der Waals surface area (Å²) in [5, 5.41) is 3.34. The van der Waals surface area contributed by atoms with E-state index in [1.54, 1.807) is 0 Å². The summed E-state index contributed by atoms with van der Waals surface area (Å²) in [6.45, 7) is 6.37. The summed E-state index contributed by atoms with van der Waals surface area (Å²) in [6.07, 6.45) is 4.60. The van der Waals surface area contributed by atoms with Crippen molar-refractivity contribution in [2.75, 3.05) is 13.1 Å². The van der Waals surface area contributed by atoms with E-state index in [9.17, 15) is 4.79 Å². The lowest BCUT2D eigenvalue weighted by molar-refractivity contribution is -0.134. The number of likely N-dealkylation sites (tertiary alicyclic amines) is 1. The normalized spacial score (nSPS) is 36.9. The van der Waals surface area contributed by atoms with Gasteiger partial charge in [-0.3, -0.25) is 4.79 Å². The van der Waals surface area contributed by atoms with Crippen LogP contribution in [-0.2, 0) is 4.79 Å². The van der Waals surface area contributed by atoms with Crippen molar-refractivity contribution in [1.29, 1.82) is 0 Å². The summed E-state index contributed by atoms with van der Waals surface area (Å²) in [4.78, 5) is 14.3. The Morgan fingerprint density at radius 1 is 1.33 bits per heavy atom. The first-order valence-corrected chi connectivity index (χ1v) is 6.22. The minimum atomic E-state index is 0.103. The van der Waals surface area contributed by atoms with Gasteiger partial charge >= 0.3 is 0 Å². The Balaban J connectivity index is 1.94. The first-order chi connectivity index (χ1) is 7.18. The van der Waals surface area contributed by atoms with E-state index in [0.717, 1.165) is 19.5 Å². The van der Waals surface area contributed by atoms with E-state index in [0.29, 0.717) is 17.9 Å². The van der Waals surface area contributed by atoms with Gasteiger partial charge in [-0.1, -0.05) is 13.3 Å². The van der Waals surface area contributed by atoms with Gasteiger partial charge in [0.05, 0.1) is 6.04 Å². The highest BCUT2D eigenvalue weighted by molar-refractivity contribution is 5.82. The van der Waals surface area contributed by atoms with Crippen molar-refractivity contribution >= 4 is 5.91 Å². The van der Waals surface area contributed by atoms with Gasteiger partial charge in [0.15, 0.2) is 0 Å². The highest BCUT2D eigenvalue weighted by Gasteiger charge is 2.33. The van der Waals surface area contributed by atoms with Crippen LogP contribution in [0.25, 0.3) is 0 Å². The van der Waals surface area contributed by atoms with E-state index in [1.165, 1.54) is 19.3 Å². The van der Waals surface area contributed by atoms with Crippen LogP contribution in [0.4, 0.5) is 0 Å². The Bertz CT molecular complexity index is 236. The second-order valence-corrected chi connectivity index (χ2v) is 5.18. The highest BCUT2D eigenvalue weighted by Crippen LogP contribution is 2.24. The predicted molar refractivity (Wildman–Crippen MR) is 60.6 cm³/mol. The number of carbonyl (C=O) groups is 1. The average Bonchev–Trinajstić information content (AvgIpc) is 2.58. The standard InChI is InChI=1S/C12H22N2O/c1-9-7-10(2)14(8-9)12(15)11-5-3-4-6-13-11/h9-11,13H,3-8H2,1-2H3/t9?,10?,11-/m0/s1. The van der Waals surface area contributed by atoms with E-state index < -0.39 is 0 Å². The fraction of sp³-hybridized carbons (Fsp3) is 0.917. The molecule has 0 bridgehead atoms. The molecule has 2 saturated heterocycles. The Labute approximate surface area is 92.2 Å². The van der Waals surface area contributed by atoms with Crippen molar-refractivity contribution in [3.63, 3.8) is 0 Å².